The van der Waals surface area contributed by atoms with Gasteiger partial charge in [-0.05, 0) is 36.5 Å². The first-order chi connectivity index (χ1) is 11.6. The molecule has 3 rings (SSSR count). The topological polar surface area (TPSA) is 62.2 Å². The van der Waals surface area contributed by atoms with Crippen LogP contribution in [0.3, 0.4) is 0 Å². The zero-order valence-electron chi connectivity index (χ0n) is 13.4. The van der Waals surface area contributed by atoms with E-state index in [9.17, 15) is 14.3 Å². The first kappa shape index (κ1) is 16.6. The number of aliphatic hydroxyl groups excluding tert-OH is 1. The molecule has 0 aliphatic heterocycles. The molecule has 1 aromatic heterocycles. The lowest BCUT2D eigenvalue weighted by molar-refractivity contribution is -0.121. The summed E-state index contributed by atoms with van der Waals surface area (Å²) in [5, 5.41) is 13.5. The molecule has 1 aliphatic carbocycles. The summed E-state index contributed by atoms with van der Waals surface area (Å²) in [6, 6.07) is 10.9. The van der Waals surface area contributed by atoms with Crippen LogP contribution in [0.25, 0.3) is 0 Å². The number of carbonyl (C=O) groups excluding carboxylic acids is 1. The van der Waals surface area contributed by atoms with Crippen molar-refractivity contribution in [2.45, 2.75) is 31.8 Å². The third-order valence-corrected chi connectivity index (χ3v) is 4.63. The number of aryl methyl sites for hydroxylation is 1. The maximum atomic E-state index is 13.1. The lowest BCUT2D eigenvalue weighted by Crippen LogP contribution is -2.33. The molecule has 1 unspecified atom stereocenters. The Morgan fingerprint density at radius 2 is 2.04 bits per heavy atom. The Kier molecular flexibility index (Phi) is 4.90. The Balaban J connectivity index is 1.49. The molecule has 126 valence electrons. The van der Waals surface area contributed by atoms with E-state index in [0.29, 0.717) is 18.5 Å². The van der Waals surface area contributed by atoms with Crippen molar-refractivity contribution in [2.75, 3.05) is 6.54 Å². The summed E-state index contributed by atoms with van der Waals surface area (Å²) >= 11 is 0. The first-order valence-corrected chi connectivity index (χ1v) is 8.18. The maximum absolute atomic E-state index is 13.1. The molecule has 0 bridgehead atoms. The van der Waals surface area contributed by atoms with Crippen LogP contribution in [-0.4, -0.2) is 22.5 Å². The van der Waals surface area contributed by atoms with Gasteiger partial charge < -0.3 is 10.4 Å². The van der Waals surface area contributed by atoms with Crippen LogP contribution in [-0.2, 0) is 11.2 Å². The summed E-state index contributed by atoms with van der Waals surface area (Å²) in [5.74, 6) is -0.485. The molecule has 1 amide bonds. The van der Waals surface area contributed by atoms with Crippen molar-refractivity contribution in [3.63, 3.8) is 0 Å². The Morgan fingerprint density at radius 3 is 2.71 bits per heavy atom. The average Bonchev–Trinajstić information content (AvgIpc) is 3.39. The highest BCUT2D eigenvalue weighted by Crippen LogP contribution is 2.54. The fourth-order valence-electron chi connectivity index (χ4n) is 2.91. The molecule has 0 radical (unpaired) electrons. The molecule has 1 fully saturated rings. The van der Waals surface area contributed by atoms with E-state index in [-0.39, 0.29) is 17.7 Å². The summed E-state index contributed by atoms with van der Waals surface area (Å²) in [6.07, 6.45) is 4.68. The second-order valence-corrected chi connectivity index (χ2v) is 6.46. The summed E-state index contributed by atoms with van der Waals surface area (Å²) in [7, 11) is 0. The van der Waals surface area contributed by atoms with Gasteiger partial charge in [0.25, 0.3) is 0 Å². The zero-order chi connectivity index (χ0) is 17.0. The Labute approximate surface area is 140 Å². The van der Waals surface area contributed by atoms with Crippen LogP contribution >= 0.6 is 0 Å². The van der Waals surface area contributed by atoms with Crippen LogP contribution in [0.15, 0.2) is 48.8 Å². The third kappa shape index (κ3) is 3.97. The SMILES string of the molecule is O=C(CCc1cncc(F)c1)NCC1(C(O)c2ccccc2)CC1. The fraction of sp³-hybridized carbons (Fsp3) is 0.368. The third-order valence-electron chi connectivity index (χ3n) is 4.63. The van der Waals surface area contributed by atoms with Gasteiger partial charge in [-0.25, -0.2) is 4.39 Å². The van der Waals surface area contributed by atoms with E-state index in [1.807, 2.05) is 30.3 Å². The van der Waals surface area contributed by atoms with E-state index in [1.54, 1.807) is 6.20 Å². The van der Waals surface area contributed by atoms with Gasteiger partial charge >= 0.3 is 0 Å². The summed E-state index contributed by atoms with van der Waals surface area (Å²) in [6.45, 7) is 0.462. The van der Waals surface area contributed by atoms with Crippen LogP contribution in [0, 0.1) is 11.2 Å². The van der Waals surface area contributed by atoms with Crippen molar-refractivity contribution in [1.29, 1.82) is 0 Å². The highest BCUT2D eigenvalue weighted by molar-refractivity contribution is 5.76. The Bertz CT molecular complexity index is 702. The quantitative estimate of drug-likeness (QED) is 0.821. The van der Waals surface area contributed by atoms with Crippen LogP contribution in [0.1, 0.15) is 36.5 Å². The number of amides is 1. The van der Waals surface area contributed by atoms with Gasteiger partial charge in [-0.3, -0.25) is 9.78 Å². The molecule has 0 saturated heterocycles. The highest BCUT2D eigenvalue weighted by atomic mass is 19.1. The Hall–Kier alpha value is -2.27. The molecule has 1 aromatic carbocycles. The van der Waals surface area contributed by atoms with Crippen LogP contribution in [0.4, 0.5) is 4.39 Å². The number of nitrogens with one attached hydrogen (secondary N) is 1. The van der Waals surface area contributed by atoms with Crippen LogP contribution < -0.4 is 5.32 Å². The van der Waals surface area contributed by atoms with Gasteiger partial charge in [0.15, 0.2) is 0 Å². The normalized spacial score (nSPS) is 16.4. The predicted octanol–water partition coefficient (Wildman–Crippen LogP) is 2.78. The maximum Gasteiger partial charge on any atom is 0.220 e. The van der Waals surface area contributed by atoms with Crippen LogP contribution in [0.5, 0.6) is 0 Å². The number of aromatic nitrogens is 1. The smallest absolute Gasteiger partial charge is 0.220 e. The molecule has 0 spiro atoms. The van der Waals surface area contributed by atoms with E-state index in [2.05, 4.69) is 10.3 Å². The second kappa shape index (κ2) is 7.09. The predicted molar refractivity (Wildman–Crippen MR) is 88.6 cm³/mol. The average molecular weight is 328 g/mol. The molecule has 2 aromatic rings. The van der Waals surface area contributed by atoms with E-state index < -0.39 is 11.9 Å². The lowest BCUT2D eigenvalue weighted by atomic mass is 9.92. The molecular formula is C19H21FN2O2. The Morgan fingerprint density at radius 1 is 1.29 bits per heavy atom. The number of nitrogens with zero attached hydrogens (tertiary/aromatic N) is 1. The van der Waals surface area contributed by atoms with E-state index in [0.717, 1.165) is 24.6 Å². The second-order valence-electron chi connectivity index (χ2n) is 6.46. The van der Waals surface area contributed by atoms with Gasteiger partial charge in [-0.15, -0.1) is 0 Å². The number of halogens is 1. The molecule has 24 heavy (non-hydrogen) atoms. The largest absolute Gasteiger partial charge is 0.388 e. The number of hydrogen-bond donors (Lipinski definition) is 2. The van der Waals surface area contributed by atoms with E-state index in [1.165, 1.54) is 6.07 Å². The molecule has 2 N–H and O–H groups in total. The summed E-state index contributed by atoms with van der Waals surface area (Å²) in [4.78, 5) is 15.8. The number of aliphatic hydroxyl groups is 1. The van der Waals surface area contributed by atoms with E-state index in [4.69, 9.17) is 0 Å². The van der Waals surface area contributed by atoms with Gasteiger partial charge in [0.1, 0.15) is 5.82 Å². The van der Waals surface area contributed by atoms with Crippen molar-refractivity contribution >= 4 is 5.91 Å². The standard InChI is InChI=1S/C19H21FN2O2/c20-16-10-14(11-21-12-16)6-7-17(23)22-13-19(8-9-19)18(24)15-4-2-1-3-5-15/h1-5,10-12,18,24H,6-9,13H2,(H,22,23). The molecule has 1 saturated carbocycles. The molecular weight excluding hydrogens is 307 g/mol. The van der Waals surface area contributed by atoms with Gasteiger partial charge in [0, 0.05) is 24.6 Å². The van der Waals surface area contributed by atoms with Crippen molar-refractivity contribution < 1.29 is 14.3 Å². The summed E-state index contributed by atoms with van der Waals surface area (Å²) < 4.78 is 13.1. The van der Waals surface area contributed by atoms with Crippen molar-refractivity contribution in [2.24, 2.45) is 5.41 Å². The molecule has 1 aliphatic rings. The molecule has 1 heterocycles. The monoisotopic (exact) mass is 328 g/mol. The summed E-state index contributed by atoms with van der Waals surface area (Å²) in [5.41, 5.74) is 1.34. The molecule has 1 atom stereocenters. The van der Waals surface area contributed by atoms with Gasteiger partial charge in [0.05, 0.1) is 12.3 Å². The number of benzene rings is 1. The minimum Gasteiger partial charge on any atom is -0.388 e. The number of rotatable bonds is 7. The number of pyridine rings is 1. The minimum atomic E-state index is -0.564. The van der Waals surface area contributed by atoms with E-state index >= 15 is 0 Å². The van der Waals surface area contributed by atoms with Gasteiger partial charge in [0.2, 0.25) is 5.91 Å². The lowest BCUT2D eigenvalue weighted by Gasteiger charge is -2.23. The number of carbonyl (C=O) groups is 1. The first-order valence-electron chi connectivity index (χ1n) is 8.18. The van der Waals surface area contributed by atoms with Crippen LogP contribution in [0.2, 0.25) is 0 Å². The van der Waals surface area contributed by atoms with Gasteiger partial charge in [-0.1, -0.05) is 30.3 Å². The van der Waals surface area contributed by atoms with Crippen molar-refractivity contribution in [3.05, 3.63) is 65.7 Å². The molecule has 4 nitrogen and oxygen atoms in total. The highest BCUT2D eigenvalue weighted by Gasteiger charge is 2.49. The zero-order valence-corrected chi connectivity index (χ0v) is 13.4. The van der Waals surface area contributed by atoms with Crippen molar-refractivity contribution in [3.8, 4) is 0 Å². The molecule has 5 heteroatoms. The number of hydrogen-bond acceptors (Lipinski definition) is 3. The fourth-order valence-corrected chi connectivity index (χ4v) is 2.91. The van der Waals surface area contributed by atoms with Crippen molar-refractivity contribution in [1.82, 2.24) is 10.3 Å². The minimum absolute atomic E-state index is 0.0919. The van der Waals surface area contributed by atoms with Gasteiger partial charge in [-0.2, -0.15) is 0 Å².